The van der Waals surface area contributed by atoms with Crippen LogP contribution in [0.5, 0.6) is 11.5 Å². The predicted octanol–water partition coefficient (Wildman–Crippen LogP) is 4.87. The molecule has 1 fully saturated rings. The fourth-order valence-electron chi connectivity index (χ4n) is 4.71. The second-order valence-corrected chi connectivity index (χ2v) is 8.26. The zero-order valence-corrected chi connectivity index (χ0v) is 17.9. The number of ether oxygens (including phenoxy) is 2. The van der Waals surface area contributed by atoms with E-state index in [1.54, 1.807) is 7.11 Å². The number of aromatic nitrogens is 2. The second-order valence-electron chi connectivity index (χ2n) is 8.26. The van der Waals surface area contributed by atoms with Gasteiger partial charge in [0.15, 0.2) is 0 Å². The molecule has 1 N–H and O–H groups in total. The zero-order valence-electron chi connectivity index (χ0n) is 17.9. The van der Waals surface area contributed by atoms with Gasteiger partial charge in [0, 0.05) is 6.04 Å². The molecule has 3 aromatic rings. The molecule has 31 heavy (non-hydrogen) atoms. The molecule has 1 atom stereocenters. The minimum absolute atomic E-state index is 0.109. The van der Waals surface area contributed by atoms with Crippen molar-refractivity contribution in [3.05, 3.63) is 65.5 Å². The van der Waals surface area contributed by atoms with Gasteiger partial charge >= 0.3 is 0 Å². The fourth-order valence-corrected chi connectivity index (χ4v) is 4.71. The van der Waals surface area contributed by atoms with Crippen molar-refractivity contribution < 1.29 is 14.3 Å². The summed E-state index contributed by atoms with van der Waals surface area (Å²) in [5, 5.41) is 3.21. The second kappa shape index (κ2) is 8.10. The first-order chi connectivity index (χ1) is 15.2. The topological polar surface area (TPSA) is 65.4 Å². The molecule has 0 saturated heterocycles. The Morgan fingerprint density at radius 2 is 1.84 bits per heavy atom. The molecule has 1 amide bonds. The molecule has 1 aliphatic carbocycles. The highest BCUT2D eigenvalue weighted by molar-refractivity contribution is 5.94. The number of carbonyl (C=O) groups excluding carboxylic acids is 1. The number of amides is 1. The van der Waals surface area contributed by atoms with Crippen LogP contribution in [0.15, 0.2) is 48.5 Å². The molecule has 160 valence electrons. The Labute approximate surface area is 182 Å². The van der Waals surface area contributed by atoms with Crippen LogP contribution in [0.2, 0.25) is 0 Å². The molecular weight excluding hydrogens is 390 g/mol. The summed E-state index contributed by atoms with van der Waals surface area (Å²) in [6.45, 7) is 1.94. The number of para-hydroxylation sites is 2. The van der Waals surface area contributed by atoms with Gasteiger partial charge in [-0.15, -0.1) is 0 Å². The highest BCUT2D eigenvalue weighted by atomic mass is 16.5. The first kappa shape index (κ1) is 19.7. The van der Waals surface area contributed by atoms with Crippen LogP contribution < -0.4 is 14.8 Å². The molecule has 1 aromatic heterocycles. The first-order valence-electron chi connectivity index (χ1n) is 11.0. The molecule has 2 heterocycles. The lowest BCUT2D eigenvalue weighted by atomic mass is 9.95. The van der Waals surface area contributed by atoms with E-state index in [1.165, 1.54) is 19.3 Å². The molecule has 6 nitrogen and oxygen atoms in total. The number of fused-ring (bicyclic) bond motifs is 3. The number of hydrogen-bond acceptors (Lipinski definition) is 4. The number of benzene rings is 2. The first-order valence-corrected chi connectivity index (χ1v) is 11.0. The molecule has 0 spiro atoms. The summed E-state index contributed by atoms with van der Waals surface area (Å²) in [6.07, 6.45) is 5.19. The highest BCUT2D eigenvalue weighted by Gasteiger charge is 2.34. The SMILES string of the molecule is COc1ccccc1C1Oc2ccccc2-c2nc(C(=O)NC3CCCCC3)c(C)n21. The van der Waals surface area contributed by atoms with Gasteiger partial charge in [-0.05, 0) is 44.0 Å². The van der Waals surface area contributed by atoms with E-state index in [-0.39, 0.29) is 11.9 Å². The summed E-state index contributed by atoms with van der Waals surface area (Å²) in [4.78, 5) is 18.0. The molecule has 2 aromatic carbocycles. The van der Waals surface area contributed by atoms with Gasteiger partial charge in [-0.1, -0.05) is 43.5 Å². The van der Waals surface area contributed by atoms with Gasteiger partial charge < -0.3 is 14.8 Å². The van der Waals surface area contributed by atoms with E-state index in [0.29, 0.717) is 5.69 Å². The van der Waals surface area contributed by atoms with Gasteiger partial charge in [0.25, 0.3) is 5.91 Å². The van der Waals surface area contributed by atoms with Gasteiger partial charge in [-0.2, -0.15) is 0 Å². The van der Waals surface area contributed by atoms with Crippen molar-refractivity contribution >= 4 is 5.91 Å². The van der Waals surface area contributed by atoms with Crippen LogP contribution in [0.4, 0.5) is 0 Å². The van der Waals surface area contributed by atoms with Crippen LogP contribution in [-0.4, -0.2) is 28.6 Å². The van der Waals surface area contributed by atoms with Crippen molar-refractivity contribution in [2.75, 3.05) is 7.11 Å². The maximum Gasteiger partial charge on any atom is 0.271 e. The van der Waals surface area contributed by atoms with E-state index in [1.807, 2.05) is 60.0 Å². The summed E-state index contributed by atoms with van der Waals surface area (Å²) >= 11 is 0. The monoisotopic (exact) mass is 417 g/mol. The van der Waals surface area contributed by atoms with Crippen molar-refractivity contribution in [3.8, 4) is 22.9 Å². The van der Waals surface area contributed by atoms with E-state index in [9.17, 15) is 4.79 Å². The summed E-state index contributed by atoms with van der Waals surface area (Å²) in [6, 6.07) is 15.9. The summed E-state index contributed by atoms with van der Waals surface area (Å²) in [5.74, 6) is 2.11. The summed E-state index contributed by atoms with van der Waals surface area (Å²) in [5.41, 5.74) is 3.02. The van der Waals surface area contributed by atoms with Gasteiger partial charge in [0.1, 0.15) is 23.0 Å². The van der Waals surface area contributed by atoms with E-state index in [4.69, 9.17) is 14.5 Å². The van der Waals surface area contributed by atoms with Crippen LogP contribution in [0.1, 0.15) is 60.1 Å². The number of nitrogens with one attached hydrogen (secondary N) is 1. The Balaban J connectivity index is 1.60. The van der Waals surface area contributed by atoms with Crippen molar-refractivity contribution in [2.24, 2.45) is 0 Å². The van der Waals surface area contributed by atoms with Crippen molar-refractivity contribution in [1.29, 1.82) is 0 Å². The largest absolute Gasteiger partial charge is 0.496 e. The number of methoxy groups -OCH3 is 1. The van der Waals surface area contributed by atoms with Gasteiger partial charge in [-0.3, -0.25) is 9.36 Å². The Morgan fingerprint density at radius 3 is 2.65 bits per heavy atom. The quantitative estimate of drug-likeness (QED) is 0.658. The van der Waals surface area contributed by atoms with Crippen molar-refractivity contribution in [3.63, 3.8) is 0 Å². The number of rotatable bonds is 4. The maximum absolute atomic E-state index is 13.2. The van der Waals surface area contributed by atoms with Gasteiger partial charge in [-0.25, -0.2) is 4.98 Å². The number of carbonyl (C=O) groups is 1. The maximum atomic E-state index is 13.2. The Hall–Kier alpha value is -3.28. The molecule has 5 rings (SSSR count). The van der Waals surface area contributed by atoms with E-state index in [0.717, 1.165) is 47.0 Å². The van der Waals surface area contributed by atoms with E-state index in [2.05, 4.69) is 5.32 Å². The van der Waals surface area contributed by atoms with Crippen molar-refractivity contribution in [1.82, 2.24) is 14.9 Å². The predicted molar refractivity (Wildman–Crippen MR) is 119 cm³/mol. The average molecular weight is 418 g/mol. The minimum atomic E-state index is -0.468. The van der Waals surface area contributed by atoms with Gasteiger partial charge in [0.2, 0.25) is 6.23 Å². The van der Waals surface area contributed by atoms with Crippen LogP contribution in [-0.2, 0) is 0 Å². The van der Waals surface area contributed by atoms with Crippen LogP contribution in [0, 0.1) is 6.92 Å². The highest BCUT2D eigenvalue weighted by Crippen LogP contribution is 2.43. The molecule has 2 aliphatic rings. The molecule has 1 aliphatic heterocycles. The smallest absolute Gasteiger partial charge is 0.271 e. The fraction of sp³-hybridized carbons (Fsp3) is 0.360. The standard InChI is InChI=1S/C25H27N3O3/c1-16-22(24(29)26-17-10-4-3-5-11-17)27-23-18-12-6-9-15-21(18)31-25(28(16)23)19-13-7-8-14-20(19)30-2/h6-9,12-15,17,25H,3-5,10-11H2,1-2H3,(H,26,29). The van der Waals surface area contributed by atoms with E-state index >= 15 is 0 Å². The number of nitrogens with zero attached hydrogens (tertiary/aromatic N) is 2. The van der Waals surface area contributed by atoms with Crippen LogP contribution in [0.3, 0.4) is 0 Å². The summed E-state index contributed by atoms with van der Waals surface area (Å²) in [7, 11) is 1.65. The van der Waals surface area contributed by atoms with Crippen molar-refractivity contribution in [2.45, 2.75) is 51.3 Å². The lowest BCUT2D eigenvalue weighted by Crippen LogP contribution is -2.36. The summed E-state index contributed by atoms with van der Waals surface area (Å²) < 4.78 is 14.0. The molecule has 6 heteroatoms. The third kappa shape index (κ3) is 3.46. The molecule has 1 unspecified atom stereocenters. The molecule has 1 saturated carbocycles. The lowest BCUT2D eigenvalue weighted by molar-refractivity contribution is 0.0922. The zero-order chi connectivity index (χ0) is 21.4. The van der Waals surface area contributed by atoms with E-state index < -0.39 is 6.23 Å². The minimum Gasteiger partial charge on any atom is -0.496 e. The number of hydrogen-bond donors (Lipinski definition) is 1. The average Bonchev–Trinajstić information content (AvgIpc) is 3.17. The molecular formula is C25H27N3O3. The van der Waals surface area contributed by atoms with Crippen LogP contribution in [0.25, 0.3) is 11.4 Å². The Bertz CT molecular complexity index is 1110. The number of imidazole rings is 1. The third-order valence-corrected chi connectivity index (χ3v) is 6.31. The lowest BCUT2D eigenvalue weighted by Gasteiger charge is -2.30. The molecule has 0 bridgehead atoms. The normalized spacial score (nSPS) is 17.9. The Morgan fingerprint density at radius 1 is 1.10 bits per heavy atom. The van der Waals surface area contributed by atoms with Gasteiger partial charge in [0.05, 0.1) is 23.9 Å². The van der Waals surface area contributed by atoms with Crippen LogP contribution >= 0.6 is 0 Å². The third-order valence-electron chi connectivity index (χ3n) is 6.31. The molecule has 0 radical (unpaired) electrons. The Kier molecular flexibility index (Phi) is 5.14.